The molecule has 1 heterocycles. The molecule has 0 atom stereocenters. The van der Waals surface area contributed by atoms with Crippen molar-refractivity contribution in [2.75, 3.05) is 7.05 Å². The zero-order chi connectivity index (χ0) is 12.1. The van der Waals surface area contributed by atoms with Crippen molar-refractivity contribution in [3.05, 3.63) is 23.6 Å². The molecule has 1 aliphatic carbocycles. The van der Waals surface area contributed by atoms with E-state index in [2.05, 4.69) is 10.3 Å². The van der Waals surface area contributed by atoms with Gasteiger partial charge in [-0.15, -0.1) is 0 Å². The van der Waals surface area contributed by atoms with Crippen LogP contribution >= 0.6 is 0 Å². The van der Waals surface area contributed by atoms with Crippen molar-refractivity contribution in [1.29, 1.82) is 0 Å². The first-order valence-corrected chi connectivity index (χ1v) is 6.25. The molecule has 4 heteroatoms. The minimum absolute atomic E-state index is 0.248. The smallest absolute Gasteiger partial charge is 0.218 e. The highest BCUT2D eigenvalue weighted by Crippen LogP contribution is 2.24. The van der Waals surface area contributed by atoms with Crippen LogP contribution in [0.3, 0.4) is 0 Å². The molecule has 3 nitrogen and oxygen atoms in total. The van der Waals surface area contributed by atoms with Gasteiger partial charge in [-0.1, -0.05) is 6.42 Å². The summed E-state index contributed by atoms with van der Waals surface area (Å²) in [5.74, 6) is 0.263. The minimum Gasteiger partial charge on any atom is -0.474 e. The van der Waals surface area contributed by atoms with E-state index in [9.17, 15) is 4.39 Å². The van der Waals surface area contributed by atoms with Gasteiger partial charge in [0.05, 0.1) is 6.20 Å². The van der Waals surface area contributed by atoms with Crippen molar-refractivity contribution in [1.82, 2.24) is 10.3 Å². The van der Waals surface area contributed by atoms with Gasteiger partial charge in [0.15, 0.2) is 0 Å². The first kappa shape index (κ1) is 12.3. The molecule has 17 heavy (non-hydrogen) atoms. The number of ether oxygens (including phenoxy) is 1. The number of aromatic nitrogens is 1. The largest absolute Gasteiger partial charge is 0.474 e. The van der Waals surface area contributed by atoms with Crippen molar-refractivity contribution in [2.45, 2.75) is 44.8 Å². The summed E-state index contributed by atoms with van der Waals surface area (Å²) < 4.78 is 19.0. The van der Waals surface area contributed by atoms with Gasteiger partial charge in [-0.05, 0) is 38.8 Å². The number of pyridine rings is 1. The summed E-state index contributed by atoms with van der Waals surface area (Å²) in [6.45, 7) is 0.576. The topological polar surface area (TPSA) is 34.2 Å². The van der Waals surface area contributed by atoms with Crippen LogP contribution in [0.2, 0.25) is 0 Å². The lowest BCUT2D eigenvalue weighted by atomic mass is 9.98. The lowest BCUT2D eigenvalue weighted by Crippen LogP contribution is -2.21. The standard InChI is InChI=1S/C13H19FN2O/c1-15-8-10-7-11(14)9-16-13(10)17-12-5-3-2-4-6-12/h7,9,12,15H,2-6,8H2,1H3. The van der Waals surface area contributed by atoms with Crippen LogP contribution in [0, 0.1) is 5.82 Å². The second kappa shape index (κ2) is 5.96. The molecule has 0 saturated heterocycles. The molecule has 0 radical (unpaired) electrons. The Hall–Kier alpha value is -1.16. The predicted molar refractivity (Wildman–Crippen MR) is 64.5 cm³/mol. The van der Waals surface area contributed by atoms with Crippen LogP contribution in [-0.4, -0.2) is 18.1 Å². The fourth-order valence-corrected chi connectivity index (χ4v) is 2.23. The van der Waals surface area contributed by atoms with E-state index in [1.165, 1.54) is 31.5 Å². The molecule has 0 aromatic carbocycles. The Labute approximate surface area is 101 Å². The van der Waals surface area contributed by atoms with Gasteiger partial charge in [0.25, 0.3) is 0 Å². The van der Waals surface area contributed by atoms with Gasteiger partial charge in [-0.3, -0.25) is 0 Å². The van der Waals surface area contributed by atoms with Crippen LogP contribution in [0.4, 0.5) is 4.39 Å². The maximum Gasteiger partial charge on any atom is 0.218 e. The number of nitrogens with one attached hydrogen (secondary N) is 1. The number of hydrogen-bond acceptors (Lipinski definition) is 3. The molecule has 1 fully saturated rings. The highest BCUT2D eigenvalue weighted by atomic mass is 19.1. The summed E-state index contributed by atoms with van der Waals surface area (Å²) in [6.07, 6.45) is 7.35. The lowest BCUT2D eigenvalue weighted by Gasteiger charge is -2.23. The Kier molecular flexibility index (Phi) is 4.31. The molecule has 0 spiro atoms. The Morgan fingerprint density at radius 1 is 1.41 bits per heavy atom. The third-order valence-electron chi connectivity index (χ3n) is 3.09. The van der Waals surface area contributed by atoms with Crippen molar-refractivity contribution < 1.29 is 9.13 Å². The number of rotatable bonds is 4. The van der Waals surface area contributed by atoms with Crippen molar-refractivity contribution >= 4 is 0 Å². The van der Waals surface area contributed by atoms with E-state index in [1.54, 1.807) is 0 Å². The first-order chi connectivity index (χ1) is 8.29. The second-order valence-electron chi connectivity index (χ2n) is 4.53. The van der Waals surface area contributed by atoms with E-state index in [1.807, 2.05) is 7.05 Å². The molecule has 2 rings (SSSR count). The molecule has 94 valence electrons. The van der Waals surface area contributed by atoms with E-state index >= 15 is 0 Å². The van der Waals surface area contributed by atoms with Crippen LogP contribution in [0.5, 0.6) is 5.88 Å². The van der Waals surface area contributed by atoms with Gasteiger partial charge in [0, 0.05) is 12.1 Å². The van der Waals surface area contributed by atoms with E-state index in [0.717, 1.165) is 18.4 Å². The SMILES string of the molecule is CNCc1cc(F)cnc1OC1CCCCC1. The molecule has 1 saturated carbocycles. The molecular formula is C13H19FN2O. The summed E-state index contributed by atoms with van der Waals surface area (Å²) in [6, 6.07) is 1.49. The molecule has 1 aromatic rings. The molecule has 1 aromatic heterocycles. The van der Waals surface area contributed by atoms with Crippen molar-refractivity contribution in [3.8, 4) is 5.88 Å². The fourth-order valence-electron chi connectivity index (χ4n) is 2.23. The highest BCUT2D eigenvalue weighted by Gasteiger charge is 2.17. The lowest BCUT2D eigenvalue weighted by molar-refractivity contribution is 0.146. The number of halogens is 1. The van der Waals surface area contributed by atoms with Crippen LogP contribution in [0.1, 0.15) is 37.7 Å². The average molecular weight is 238 g/mol. The van der Waals surface area contributed by atoms with Crippen LogP contribution in [0.25, 0.3) is 0 Å². The zero-order valence-corrected chi connectivity index (χ0v) is 10.2. The maximum atomic E-state index is 13.1. The summed E-state index contributed by atoms with van der Waals surface area (Å²) in [7, 11) is 1.83. The van der Waals surface area contributed by atoms with Crippen LogP contribution in [0.15, 0.2) is 12.3 Å². The van der Waals surface area contributed by atoms with E-state index in [-0.39, 0.29) is 11.9 Å². The Morgan fingerprint density at radius 2 is 2.18 bits per heavy atom. The summed E-state index contributed by atoms with van der Waals surface area (Å²) >= 11 is 0. The van der Waals surface area contributed by atoms with Gasteiger partial charge in [0.1, 0.15) is 11.9 Å². The maximum absolute atomic E-state index is 13.1. The molecule has 0 amide bonds. The highest BCUT2D eigenvalue weighted by molar-refractivity contribution is 5.26. The van der Waals surface area contributed by atoms with Gasteiger partial charge < -0.3 is 10.1 Å². The summed E-state index contributed by atoms with van der Waals surface area (Å²) in [4.78, 5) is 4.05. The van der Waals surface area contributed by atoms with Gasteiger partial charge in [-0.2, -0.15) is 0 Å². The molecule has 0 unspecified atom stereocenters. The quantitative estimate of drug-likeness (QED) is 0.875. The third kappa shape index (κ3) is 3.40. The second-order valence-corrected chi connectivity index (χ2v) is 4.53. The van der Waals surface area contributed by atoms with Gasteiger partial charge >= 0.3 is 0 Å². The van der Waals surface area contributed by atoms with Crippen molar-refractivity contribution in [3.63, 3.8) is 0 Å². The van der Waals surface area contributed by atoms with Crippen LogP contribution < -0.4 is 10.1 Å². The normalized spacial score (nSPS) is 17.1. The Bertz CT molecular complexity index is 364. The molecule has 1 N–H and O–H groups in total. The molecular weight excluding hydrogens is 219 g/mol. The van der Waals surface area contributed by atoms with Crippen molar-refractivity contribution in [2.24, 2.45) is 0 Å². The average Bonchev–Trinajstić information content (AvgIpc) is 2.34. The number of nitrogens with zero attached hydrogens (tertiary/aromatic N) is 1. The molecule has 1 aliphatic rings. The fraction of sp³-hybridized carbons (Fsp3) is 0.615. The van der Waals surface area contributed by atoms with Gasteiger partial charge in [-0.25, -0.2) is 9.37 Å². The zero-order valence-electron chi connectivity index (χ0n) is 10.2. The molecule has 0 bridgehead atoms. The Balaban J connectivity index is 2.07. The van der Waals surface area contributed by atoms with E-state index < -0.39 is 0 Å². The third-order valence-corrected chi connectivity index (χ3v) is 3.09. The first-order valence-electron chi connectivity index (χ1n) is 6.25. The molecule has 0 aliphatic heterocycles. The van der Waals surface area contributed by atoms with E-state index in [4.69, 9.17) is 4.74 Å². The monoisotopic (exact) mass is 238 g/mol. The summed E-state index contributed by atoms with van der Waals surface area (Å²) in [5, 5.41) is 3.00. The van der Waals surface area contributed by atoms with E-state index in [0.29, 0.717) is 12.4 Å². The summed E-state index contributed by atoms with van der Waals surface area (Å²) in [5.41, 5.74) is 0.790. The van der Waals surface area contributed by atoms with Gasteiger partial charge in [0.2, 0.25) is 5.88 Å². The number of hydrogen-bond donors (Lipinski definition) is 1. The minimum atomic E-state index is -0.314. The Morgan fingerprint density at radius 3 is 2.88 bits per heavy atom. The van der Waals surface area contributed by atoms with Crippen LogP contribution in [-0.2, 0) is 6.54 Å². The predicted octanol–water partition coefficient (Wildman–Crippen LogP) is 2.65.